The summed E-state index contributed by atoms with van der Waals surface area (Å²) in [5.74, 6) is -0.149. The van der Waals surface area contributed by atoms with Crippen molar-refractivity contribution < 1.29 is 17.7 Å². The molecule has 32 heavy (non-hydrogen) atoms. The Morgan fingerprint density at radius 3 is 2.59 bits per heavy atom. The van der Waals surface area contributed by atoms with Crippen molar-refractivity contribution in [2.75, 3.05) is 11.5 Å². The molecule has 1 aliphatic heterocycles. The van der Waals surface area contributed by atoms with E-state index in [1.54, 1.807) is 14.0 Å². The first-order chi connectivity index (χ1) is 15.3. The Morgan fingerprint density at radius 2 is 1.91 bits per heavy atom. The molecule has 2 aromatic heterocycles. The van der Waals surface area contributed by atoms with Crippen molar-refractivity contribution >= 4 is 22.2 Å². The van der Waals surface area contributed by atoms with Crippen molar-refractivity contribution in [2.45, 2.75) is 44.4 Å². The van der Waals surface area contributed by atoms with E-state index in [-0.39, 0.29) is 17.0 Å². The summed E-state index contributed by atoms with van der Waals surface area (Å²) >= 11 is -0.837. The maximum absolute atomic E-state index is 14.7. The van der Waals surface area contributed by atoms with Crippen molar-refractivity contribution in [3.63, 3.8) is 0 Å². The Kier molecular flexibility index (Phi) is 6.57. The Labute approximate surface area is 186 Å². The van der Waals surface area contributed by atoms with E-state index in [4.69, 9.17) is 0 Å². The van der Waals surface area contributed by atoms with Crippen LogP contribution in [0.25, 0.3) is 11.0 Å². The van der Waals surface area contributed by atoms with Gasteiger partial charge in [-0.15, -0.1) is 0 Å². The highest BCUT2D eigenvalue weighted by Crippen LogP contribution is 2.32. The van der Waals surface area contributed by atoms with Gasteiger partial charge in [0, 0.05) is 18.0 Å². The quantitative estimate of drug-likeness (QED) is 0.527. The van der Waals surface area contributed by atoms with Crippen LogP contribution in [0.3, 0.4) is 0 Å². The van der Waals surface area contributed by atoms with Crippen LogP contribution in [0.15, 0.2) is 35.4 Å². The number of alkyl halides is 2. The van der Waals surface area contributed by atoms with Crippen LogP contribution in [0.4, 0.5) is 13.2 Å². The summed E-state index contributed by atoms with van der Waals surface area (Å²) in [7, 11) is 1.65. The molecule has 0 spiro atoms. The fraction of sp³-hybridized carbons (Fsp3) is 0.435. The average Bonchev–Trinajstić information content (AvgIpc) is 2.77. The number of aromatic nitrogens is 3. The largest absolute Gasteiger partial charge is 0.616 e. The monoisotopic (exact) mass is 463 g/mol. The summed E-state index contributed by atoms with van der Waals surface area (Å²) in [5, 5.41) is 0.688. The van der Waals surface area contributed by atoms with Crippen molar-refractivity contribution in [1.82, 2.24) is 14.5 Å². The lowest BCUT2D eigenvalue weighted by molar-refractivity contribution is 0.146. The van der Waals surface area contributed by atoms with E-state index in [1.807, 2.05) is 6.07 Å². The third-order valence-electron chi connectivity index (χ3n) is 6.27. The summed E-state index contributed by atoms with van der Waals surface area (Å²) in [4.78, 5) is 21.6. The van der Waals surface area contributed by atoms with Crippen LogP contribution in [0.5, 0.6) is 0 Å². The second-order valence-corrected chi connectivity index (χ2v) is 10.00. The number of rotatable bonds is 5. The van der Waals surface area contributed by atoms with Crippen molar-refractivity contribution in [3.05, 3.63) is 69.1 Å². The predicted molar refractivity (Wildman–Crippen MR) is 118 cm³/mol. The highest BCUT2D eigenvalue weighted by Gasteiger charge is 2.27. The van der Waals surface area contributed by atoms with E-state index in [0.29, 0.717) is 53.1 Å². The smallest absolute Gasteiger partial charge is 0.266 e. The minimum absolute atomic E-state index is 0.0152. The van der Waals surface area contributed by atoms with Gasteiger partial charge in [-0.1, -0.05) is 36.3 Å². The van der Waals surface area contributed by atoms with Gasteiger partial charge in [-0.05, 0) is 42.7 Å². The van der Waals surface area contributed by atoms with Crippen molar-refractivity contribution in [3.8, 4) is 0 Å². The molecule has 4 rings (SSSR count). The van der Waals surface area contributed by atoms with Gasteiger partial charge < -0.3 is 4.55 Å². The van der Waals surface area contributed by atoms with Crippen LogP contribution in [-0.2, 0) is 24.6 Å². The summed E-state index contributed by atoms with van der Waals surface area (Å²) in [6, 6.07) is 5.85. The molecule has 0 radical (unpaired) electrons. The Morgan fingerprint density at radius 1 is 1.22 bits per heavy atom. The zero-order valence-electron chi connectivity index (χ0n) is 17.9. The zero-order chi connectivity index (χ0) is 23.0. The van der Waals surface area contributed by atoms with Gasteiger partial charge in [0.2, 0.25) is 0 Å². The maximum atomic E-state index is 14.7. The normalized spacial score (nSPS) is 20.1. The lowest BCUT2D eigenvalue weighted by Gasteiger charge is -2.24. The summed E-state index contributed by atoms with van der Waals surface area (Å²) in [6.45, 7) is 1.76. The summed E-state index contributed by atoms with van der Waals surface area (Å²) < 4.78 is 54.1. The zero-order valence-corrected chi connectivity index (χ0v) is 18.7. The van der Waals surface area contributed by atoms with E-state index in [9.17, 15) is 22.5 Å². The Balaban J connectivity index is 1.74. The first-order valence-corrected chi connectivity index (χ1v) is 12.0. The van der Waals surface area contributed by atoms with Gasteiger partial charge in [-0.25, -0.2) is 23.1 Å². The number of pyridine rings is 1. The molecule has 1 aliphatic rings. The number of hydrogen-bond donors (Lipinski definition) is 0. The van der Waals surface area contributed by atoms with E-state index in [2.05, 4.69) is 9.97 Å². The lowest BCUT2D eigenvalue weighted by Crippen LogP contribution is -2.29. The Bertz CT molecular complexity index is 1190. The van der Waals surface area contributed by atoms with Crippen molar-refractivity contribution in [1.29, 1.82) is 0 Å². The first-order valence-electron chi connectivity index (χ1n) is 10.5. The number of aryl methyl sites for hydroxylation is 1. The number of fused-ring (bicyclic) bond motifs is 1. The fourth-order valence-corrected chi connectivity index (χ4v) is 5.72. The van der Waals surface area contributed by atoms with Crippen LogP contribution in [0.2, 0.25) is 0 Å². The highest BCUT2D eigenvalue weighted by atomic mass is 32.2. The van der Waals surface area contributed by atoms with E-state index in [1.165, 1.54) is 23.0 Å². The van der Waals surface area contributed by atoms with Gasteiger partial charge in [0.1, 0.15) is 29.3 Å². The molecule has 3 aromatic rings. The molecule has 1 atom stereocenters. The van der Waals surface area contributed by atoms with E-state index in [0.717, 1.165) is 6.07 Å². The molecule has 170 valence electrons. The maximum Gasteiger partial charge on any atom is 0.266 e. The third kappa shape index (κ3) is 4.28. The van der Waals surface area contributed by atoms with Crippen LogP contribution >= 0.6 is 0 Å². The van der Waals surface area contributed by atoms with Gasteiger partial charge in [0.05, 0.1) is 11.3 Å². The van der Waals surface area contributed by atoms with E-state index < -0.39 is 34.9 Å². The summed E-state index contributed by atoms with van der Waals surface area (Å²) in [5.41, 5.74) is 1.20. The van der Waals surface area contributed by atoms with Crippen LogP contribution in [0, 0.1) is 5.82 Å². The van der Waals surface area contributed by atoms with E-state index >= 15 is 0 Å². The number of hydrogen-bond acceptors (Lipinski definition) is 4. The van der Waals surface area contributed by atoms with Crippen LogP contribution < -0.4 is 5.56 Å². The number of halogens is 3. The molecule has 0 bridgehead atoms. The molecule has 3 heterocycles. The molecule has 0 N–H and O–H groups in total. The molecule has 0 aliphatic carbocycles. The molecule has 1 fully saturated rings. The topological polar surface area (TPSA) is 70.8 Å². The average molecular weight is 464 g/mol. The SMILES string of the molecule is C[C@@H](Cc1ncnc2c1cc(C1CC[S+]([O-])CC1)c(=O)n2C)c1cccc(C(F)F)c1F. The molecule has 0 saturated carbocycles. The molecule has 1 aromatic carbocycles. The number of benzene rings is 1. The third-order valence-corrected chi connectivity index (χ3v) is 7.65. The van der Waals surface area contributed by atoms with Gasteiger partial charge in [-0.3, -0.25) is 9.36 Å². The molecular formula is C23H24F3N3O2S. The van der Waals surface area contributed by atoms with Crippen LogP contribution in [0.1, 0.15) is 60.4 Å². The minimum atomic E-state index is -2.89. The first kappa shape index (κ1) is 22.8. The van der Waals surface area contributed by atoms with Gasteiger partial charge >= 0.3 is 0 Å². The molecule has 0 unspecified atom stereocenters. The van der Waals surface area contributed by atoms with Crippen molar-refractivity contribution in [2.24, 2.45) is 7.05 Å². The van der Waals surface area contributed by atoms with Gasteiger partial charge in [0.15, 0.2) is 0 Å². The highest BCUT2D eigenvalue weighted by molar-refractivity contribution is 7.91. The molecule has 5 nitrogen and oxygen atoms in total. The second-order valence-electron chi connectivity index (χ2n) is 8.30. The molecular weight excluding hydrogens is 439 g/mol. The second kappa shape index (κ2) is 9.23. The molecule has 1 saturated heterocycles. The van der Waals surface area contributed by atoms with Gasteiger partial charge in [-0.2, -0.15) is 0 Å². The number of nitrogens with zero attached hydrogens (tertiary/aromatic N) is 3. The molecule has 9 heteroatoms. The Hall–Kier alpha value is -2.39. The fourth-order valence-electron chi connectivity index (χ4n) is 4.42. The van der Waals surface area contributed by atoms with Crippen LogP contribution in [-0.4, -0.2) is 30.6 Å². The molecule has 0 amide bonds. The minimum Gasteiger partial charge on any atom is -0.616 e. The summed E-state index contributed by atoms with van der Waals surface area (Å²) in [6.07, 6.45) is 0.134. The predicted octanol–water partition coefficient (Wildman–Crippen LogP) is 4.38. The lowest BCUT2D eigenvalue weighted by atomic mass is 9.91. The van der Waals surface area contributed by atoms with Gasteiger partial charge in [0.25, 0.3) is 12.0 Å². The standard InChI is InChI=1S/C23H24F3N3O2S/c1-13(15-4-3-5-16(20(15)24)21(25)26)10-19-18-11-17(14-6-8-32(31)9-7-14)23(30)29(2)22(18)28-12-27-19/h3-5,11-14,21H,6-10H2,1-2H3/t13-,14?,32?/m0/s1.